The molecule has 1 aliphatic heterocycles. The second-order valence-corrected chi connectivity index (χ2v) is 6.55. The predicted molar refractivity (Wildman–Crippen MR) is 89.0 cm³/mol. The molecule has 1 amide bonds. The fourth-order valence-electron chi connectivity index (χ4n) is 2.59. The minimum absolute atomic E-state index is 0.0318. The summed E-state index contributed by atoms with van der Waals surface area (Å²) in [5, 5.41) is 10.1. The Hall–Kier alpha value is -2.12. The number of rotatable bonds is 3. The van der Waals surface area contributed by atoms with Crippen LogP contribution in [0.1, 0.15) is 18.4 Å². The van der Waals surface area contributed by atoms with Crippen molar-refractivity contribution in [2.24, 2.45) is 5.92 Å². The van der Waals surface area contributed by atoms with Gasteiger partial charge in [0.2, 0.25) is 5.91 Å². The molecule has 0 saturated carbocycles. The van der Waals surface area contributed by atoms with E-state index >= 15 is 0 Å². The number of carbonyl (C=O) groups excluding carboxylic acids is 1. The molecule has 0 aromatic carbocycles. The highest BCUT2D eigenvalue weighted by atomic mass is 32.1. The van der Waals surface area contributed by atoms with Crippen LogP contribution in [-0.4, -0.2) is 31.3 Å². The molecule has 0 aliphatic carbocycles. The third-order valence-electron chi connectivity index (χ3n) is 3.95. The molecule has 0 bridgehead atoms. The summed E-state index contributed by atoms with van der Waals surface area (Å²) in [5.41, 5.74) is -0.219. The molecule has 122 valence electrons. The zero-order valence-corrected chi connectivity index (χ0v) is 13.5. The molecule has 2 aromatic heterocycles. The highest BCUT2D eigenvalue weighted by Gasteiger charge is 2.26. The average Bonchev–Trinajstić information content (AvgIpc) is 2.96. The number of hydrogen-bond donors (Lipinski definition) is 1. The summed E-state index contributed by atoms with van der Waals surface area (Å²) >= 11 is 1.33. The first kappa shape index (κ1) is 15.8. The monoisotopic (exact) mass is 335 g/mol. The van der Waals surface area contributed by atoms with Gasteiger partial charge in [-0.1, -0.05) is 6.58 Å². The van der Waals surface area contributed by atoms with E-state index < -0.39 is 5.63 Å². The van der Waals surface area contributed by atoms with E-state index in [-0.39, 0.29) is 23.1 Å². The van der Waals surface area contributed by atoms with Crippen LogP contribution < -0.4 is 10.5 Å². The topological polar surface area (TPSA) is 80.0 Å². The van der Waals surface area contributed by atoms with Gasteiger partial charge in [0.1, 0.15) is 16.3 Å². The average molecular weight is 335 g/mol. The van der Waals surface area contributed by atoms with E-state index in [9.17, 15) is 14.7 Å². The van der Waals surface area contributed by atoms with Crippen LogP contribution in [0.25, 0.3) is 16.0 Å². The summed E-state index contributed by atoms with van der Waals surface area (Å²) in [6, 6.07) is 3.20. The number of hydrogen-bond acceptors (Lipinski definition) is 6. The molecule has 2 aromatic rings. The molecule has 3 rings (SSSR count). The van der Waals surface area contributed by atoms with Crippen molar-refractivity contribution in [1.29, 1.82) is 0 Å². The lowest BCUT2D eigenvalue weighted by Gasteiger charge is -2.25. The molecule has 0 radical (unpaired) electrons. The van der Waals surface area contributed by atoms with Crippen LogP contribution in [0.5, 0.6) is 0 Å². The minimum atomic E-state index is -0.646. The fourth-order valence-corrected chi connectivity index (χ4v) is 3.59. The van der Waals surface area contributed by atoms with Crippen LogP contribution in [-0.2, 0) is 9.53 Å². The maximum Gasteiger partial charge on any atom is 0.347 e. The Labute approximate surface area is 136 Å². The number of aliphatic hydroxyl groups is 1. The Kier molecular flexibility index (Phi) is 4.23. The maximum absolute atomic E-state index is 12.5. The fraction of sp³-hybridized carbons (Fsp3) is 0.375. The normalized spacial score (nSPS) is 15.7. The van der Waals surface area contributed by atoms with Gasteiger partial charge in [-0.2, -0.15) is 0 Å². The van der Waals surface area contributed by atoms with Crippen molar-refractivity contribution in [2.75, 3.05) is 25.2 Å². The van der Waals surface area contributed by atoms with Crippen LogP contribution in [0.4, 0.5) is 5.00 Å². The second kappa shape index (κ2) is 6.17. The Morgan fingerprint density at radius 3 is 2.74 bits per heavy atom. The van der Waals surface area contributed by atoms with Crippen LogP contribution in [0.2, 0.25) is 0 Å². The van der Waals surface area contributed by atoms with E-state index in [1.807, 2.05) is 0 Å². The molecule has 3 heterocycles. The summed E-state index contributed by atoms with van der Waals surface area (Å²) in [6.45, 7) is 4.56. The van der Waals surface area contributed by atoms with Gasteiger partial charge in [0, 0.05) is 32.2 Å². The lowest BCUT2D eigenvalue weighted by Crippen LogP contribution is -2.35. The summed E-state index contributed by atoms with van der Waals surface area (Å²) in [5.74, 6) is -0.338. The van der Waals surface area contributed by atoms with Crippen LogP contribution in [0.3, 0.4) is 0 Å². The first-order valence-corrected chi connectivity index (χ1v) is 8.10. The SMILES string of the molecule is C=C(O)c1cc2sc(N(C)C(=O)C3CCOCC3)cc2oc1=O. The molecular formula is C16H17NO5S. The first-order valence-electron chi connectivity index (χ1n) is 7.28. The summed E-state index contributed by atoms with van der Waals surface area (Å²) < 4.78 is 11.1. The molecule has 7 heteroatoms. The zero-order chi connectivity index (χ0) is 16.6. The summed E-state index contributed by atoms with van der Waals surface area (Å²) in [4.78, 5) is 25.9. The zero-order valence-electron chi connectivity index (χ0n) is 12.7. The van der Waals surface area contributed by atoms with Gasteiger partial charge in [0.05, 0.1) is 4.70 Å². The van der Waals surface area contributed by atoms with E-state index in [4.69, 9.17) is 9.15 Å². The number of carbonyl (C=O) groups is 1. The quantitative estimate of drug-likeness (QED) is 0.873. The Morgan fingerprint density at radius 1 is 1.39 bits per heavy atom. The summed E-state index contributed by atoms with van der Waals surface area (Å²) in [6.07, 6.45) is 1.44. The van der Waals surface area contributed by atoms with Gasteiger partial charge < -0.3 is 19.2 Å². The van der Waals surface area contributed by atoms with Crippen LogP contribution >= 0.6 is 11.3 Å². The van der Waals surface area contributed by atoms with E-state index in [0.717, 1.165) is 12.8 Å². The standard InChI is InChI=1S/C16H17NO5S/c1-9(18)11-7-13-12(22-16(11)20)8-14(23-13)17(2)15(19)10-3-5-21-6-4-10/h7-8,10,18H,1,3-6H2,2H3. The number of thiophene rings is 1. The Balaban J connectivity index is 1.91. The number of ether oxygens (including phenoxy) is 1. The number of anilines is 1. The molecule has 23 heavy (non-hydrogen) atoms. The molecule has 1 saturated heterocycles. The Bertz CT molecular complexity index is 815. The van der Waals surface area contributed by atoms with Crippen molar-refractivity contribution in [2.45, 2.75) is 12.8 Å². The molecule has 0 unspecified atom stereocenters. The highest BCUT2D eigenvalue weighted by Crippen LogP contribution is 2.33. The molecule has 0 spiro atoms. The van der Waals surface area contributed by atoms with Crippen molar-refractivity contribution in [1.82, 2.24) is 0 Å². The highest BCUT2D eigenvalue weighted by molar-refractivity contribution is 7.22. The van der Waals surface area contributed by atoms with Crippen LogP contribution in [0.15, 0.2) is 27.9 Å². The number of aliphatic hydroxyl groups excluding tert-OH is 1. The van der Waals surface area contributed by atoms with Gasteiger partial charge in [0.25, 0.3) is 0 Å². The van der Waals surface area contributed by atoms with Crippen molar-refractivity contribution >= 4 is 38.3 Å². The van der Waals surface area contributed by atoms with Gasteiger partial charge in [0.15, 0.2) is 5.58 Å². The molecule has 1 fully saturated rings. The van der Waals surface area contributed by atoms with E-state index in [1.165, 1.54) is 17.4 Å². The number of amides is 1. The second-order valence-electron chi connectivity index (χ2n) is 5.49. The smallest absolute Gasteiger partial charge is 0.347 e. The maximum atomic E-state index is 12.5. The molecular weight excluding hydrogens is 318 g/mol. The molecule has 1 N–H and O–H groups in total. The van der Waals surface area contributed by atoms with Crippen LogP contribution in [0, 0.1) is 5.92 Å². The number of nitrogens with zero attached hydrogens (tertiary/aromatic N) is 1. The van der Waals surface area contributed by atoms with Gasteiger partial charge in [-0.05, 0) is 18.9 Å². The molecule has 0 atom stereocenters. The Morgan fingerprint density at radius 2 is 2.09 bits per heavy atom. The van der Waals surface area contributed by atoms with Crippen molar-refractivity contribution in [3.63, 3.8) is 0 Å². The van der Waals surface area contributed by atoms with Crippen molar-refractivity contribution in [3.05, 3.63) is 34.7 Å². The lowest BCUT2D eigenvalue weighted by molar-refractivity contribution is -0.124. The first-order chi connectivity index (χ1) is 11.0. The van der Waals surface area contributed by atoms with Gasteiger partial charge >= 0.3 is 5.63 Å². The third-order valence-corrected chi connectivity index (χ3v) is 5.09. The van der Waals surface area contributed by atoms with E-state index in [0.29, 0.717) is 28.5 Å². The van der Waals surface area contributed by atoms with Gasteiger partial charge in [-0.25, -0.2) is 4.79 Å². The van der Waals surface area contributed by atoms with Crippen molar-refractivity contribution in [3.8, 4) is 0 Å². The third kappa shape index (κ3) is 3.02. The minimum Gasteiger partial charge on any atom is -0.508 e. The molecule has 6 nitrogen and oxygen atoms in total. The number of fused-ring (bicyclic) bond motifs is 1. The van der Waals surface area contributed by atoms with Crippen molar-refractivity contribution < 1.29 is 19.1 Å². The predicted octanol–water partition coefficient (Wildman–Crippen LogP) is 2.77. The van der Waals surface area contributed by atoms with Gasteiger partial charge in [-0.3, -0.25) is 4.79 Å². The summed E-state index contributed by atoms with van der Waals surface area (Å²) in [7, 11) is 1.71. The van der Waals surface area contributed by atoms with Gasteiger partial charge in [-0.15, -0.1) is 11.3 Å². The molecule has 1 aliphatic rings. The van der Waals surface area contributed by atoms with E-state index in [2.05, 4.69) is 6.58 Å². The largest absolute Gasteiger partial charge is 0.508 e. The lowest BCUT2D eigenvalue weighted by atomic mass is 9.99. The van der Waals surface area contributed by atoms with E-state index in [1.54, 1.807) is 18.0 Å².